The van der Waals surface area contributed by atoms with Crippen LogP contribution in [0.5, 0.6) is 5.75 Å². The first-order valence-corrected chi connectivity index (χ1v) is 6.02. The van der Waals surface area contributed by atoms with Crippen LogP contribution in [-0.2, 0) is 6.42 Å². The zero-order chi connectivity index (χ0) is 11.5. The van der Waals surface area contributed by atoms with Gasteiger partial charge in [-0.25, -0.2) is 0 Å². The average molecular weight is 220 g/mol. The molecule has 0 heterocycles. The third kappa shape index (κ3) is 2.76. The molecule has 1 unspecified atom stereocenters. The first-order chi connectivity index (χ1) is 7.70. The number of methoxy groups -OCH3 is 1. The van der Waals surface area contributed by atoms with E-state index in [0.29, 0.717) is 5.92 Å². The molecular weight excluding hydrogens is 200 g/mol. The van der Waals surface area contributed by atoms with Crippen LogP contribution < -0.4 is 4.74 Å². The van der Waals surface area contributed by atoms with Crippen molar-refractivity contribution in [1.82, 2.24) is 0 Å². The van der Waals surface area contributed by atoms with Crippen LogP contribution in [0.25, 0.3) is 0 Å². The molecular formula is C14H20O2. The first kappa shape index (κ1) is 11.5. The first-order valence-electron chi connectivity index (χ1n) is 6.02. The third-order valence-electron chi connectivity index (χ3n) is 3.43. The second-order valence-corrected chi connectivity index (χ2v) is 4.74. The van der Waals surface area contributed by atoms with Crippen molar-refractivity contribution in [2.24, 2.45) is 5.92 Å². The molecule has 0 spiro atoms. The molecule has 2 heteroatoms. The van der Waals surface area contributed by atoms with Crippen molar-refractivity contribution in [1.29, 1.82) is 0 Å². The maximum absolute atomic E-state index is 9.82. The average Bonchev–Trinajstić information content (AvgIpc) is 3.10. The van der Waals surface area contributed by atoms with Gasteiger partial charge in [0.15, 0.2) is 0 Å². The molecule has 0 aromatic heterocycles. The van der Waals surface area contributed by atoms with Crippen molar-refractivity contribution >= 4 is 0 Å². The highest BCUT2D eigenvalue weighted by Crippen LogP contribution is 2.34. The summed E-state index contributed by atoms with van der Waals surface area (Å²) < 4.78 is 5.17. The largest absolute Gasteiger partial charge is 0.497 e. The van der Waals surface area contributed by atoms with E-state index in [1.54, 1.807) is 7.11 Å². The molecule has 1 aromatic rings. The van der Waals surface area contributed by atoms with Crippen LogP contribution >= 0.6 is 0 Å². The van der Waals surface area contributed by atoms with Gasteiger partial charge in [0.25, 0.3) is 0 Å². The summed E-state index contributed by atoms with van der Waals surface area (Å²) in [5.41, 5.74) is 2.57. The molecule has 0 aliphatic heterocycles. The fourth-order valence-corrected chi connectivity index (χ4v) is 2.10. The molecule has 2 nitrogen and oxygen atoms in total. The normalized spacial score (nSPS) is 17.2. The van der Waals surface area contributed by atoms with Gasteiger partial charge in [0.1, 0.15) is 5.75 Å². The van der Waals surface area contributed by atoms with Crippen LogP contribution in [0.4, 0.5) is 0 Å². The molecule has 0 radical (unpaired) electrons. The molecule has 1 N–H and O–H groups in total. The lowest BCUT2D eigenvalue weighted by atomic mass is 10.00. The predicted octanol–water partition coefficient (Wildman–Crippen LogP) is 2.71. The van der Waals surface area contributed by atoms with E-state index in [2.05, 4.69) is 19.1 Å². The zero-order valence-corrected chi connectivity index (χ0v) is 10.1. The van der Waals surface area contributed by atoms with Crippen LogP contribution in [0.1, 0.15) is 30.4 Å². The second-order valence-electron chi connectivity index (χ2n) is 4.74. The van der Waals surface area contributed by atoms with Gasteiger partial charge in [-0.05, 0) is 61.8 Å². The smallest absolute Gasteiger partial charge is 0.119 e. The van der Waals surface area contributed by atoms with Crippen molar-refractivity contribution < 1.29 is 9.84 Å². The predicted molar refractivity (Wildman–Crippen MR) is 64.8 cm³/mol. The number of rotatable bonds is 5. The van der Waals surface area contributed by atoms with Gasteiger partial charge in [-0.2, -0.15) is 0 Å². The summed E-state index contributed by atoms with van der Waals surface area (Å²) in [7, 11) is 1.69. The van der Waals surface area contributed by atoms with Crippen LogP contribution in [0.2, 0.25) is 0 Å². The quantitative estimate of drug-likeness (QED) is 0.826. The molecule has 0 amide bonds. The Morgan fingerprint density at radius 3 is 2.75 bits per heavy atom. The maximum atomic E-state index is 9.82. The lowest BCUT2D eigenvalue weighted by Gasteiger charge is -2.11. The molecule has 0 saturated heterocycles. The van der Waals surface area contributed by atoms with Gasteiger partial charge in [-0.1, -0.05) is 6.07 Å². The molecule has 1 fully saturated rings. The van der Waals surface area contributed by atoms with Crippen LogP contribution in [-0.4, -0.2) is 18.3 Å². The number of hydrogen-bond acceptors (Lipinski definition) is 2. The zero-order valence-electron chi connectivity index (χ0n) is 10.1. The summed E-state index contributed by atoms with van der Waals surface area (Å²) in [5, 5.41) is 9.82. The Bertz CT molecular complexity index is 356. The van der Waals surface area contributed by atoms with Gasteiger partial charge in [0.2, 0.25) is 0 Å². The summed E-state index contributed by atoms with van der Waals surface area (Å²) in [4.78, 5) is 0. The van der Waals surface area contributed by atoms with Crippen LogP contribution in [0, 0.1) is 12.8 Å². The van der Waals surface area contributed by atoms with E-state index >= 15 is 0 Å². The minimum Gasteiger partial charge on any atom is -0.497 e. The summed E-state index contributed by atoms with van der Waals surface area (Å²) in [5.74, 6) is 1.49. The fourth-order valence-electron chi connectivity index (χ4n) is 2.10. The lowest BCUT2D eigenvalue weighted by molar-refractivity contribution is 0.142. The summed E-state index contributed by atoms with van der Waals surface area (Å²) in [6.45, 7) is 2.10. The fraction of sp³-hybridized carbons (Fsp3) is 0.571. The highest BCUT2D eigenvalue weighted by atomic mass is 16.5. The molecule has 88 valence electrons. The van der Waals surface area contributed by atoms with Gasteiger partial charge < -0.3 is 9.84 Å². The number of aryl methyl sites for hydroxylation is 2. The van der Waals surface area contributed by atoms with Gasteiger partial charge in [0.05, 0.1) is 13.2 Å². The van der Waals surface area contributed by atoms with Gasteiger partial charge >= 0.3 is 0 Å². The van der Waals surface area contributed by atoms with E-state index in [0.717, 1.165) is 18.6 Å². The second kappa shape index (κ2) is 4.88. The summed E-state index contributed by atoms with van der Waals surface area (Å²) in [6.07, 6.45) is 4.18. The van der Waals surface area contributed by atoms with Crippen LogP contribution in [0.15, 0.2) is 18.2 Å². The molecule has 1 aliphatic rings. The Labute approximate surface area is 97.3 Å². The third-order valence-corrected chi connectivity index (χ3v) is 3.43. The highest BCUT2D eigenvalue weighted by molar-refractivity contribution is 5.34. The van der Waals surface area contributed by atoms with E-state index in [4.69, 9.17) is 4.74 Å². The van der Waals surface area contributed by atoms with Crippen molar-refractivity contribution in [3.8, 4) is 5.75 Å². The summed E-state index contributed by atoms with van der Waals surface area (Å²) >= 11 is 0. The topological polar surface area (TPSA) is 29.5 Å². The minimum absolute atomic E-state index is 0.0958. The Hall–Kier alpha value is -1.02. The molecule has 1 aliphatic carbocycles. The minimum atomic E-state index is -0.0958. The van der Waals surface area contributed by atoms with Crippen molar-refractivity contribution in [2.75, 3.05) is 7.11 Å². The monoisotopic (exact) mass is 220 g/mol. The van der Waals surface area contributed by atoms with Crippen molar-refractivity contribution in [3.63, 3.8) is 0 Å². The van der Waals surface area contributed by atoms with Gasteiger partial charge in [-0.3, -0.25) is 0 Å². The Kier molecular flexibility index (Phi) is 3.49. The standard InChI is InChI=1S/C14H20O2/c1-10-9-13(16-2)7-5-11(10)6-8-14(15)12-3-4-12/h5,7,9,12,14-15H,3-4,6,8H2,1-2H3. The van der Waals surface area contributed by atoms with E-state index in [1.165, 1.54) is 24.0 Å². The van der Waals surface area contributed by atoms with E-state index in [1.807, 2.05) is 6.07 Å². The van der Waals surface area contributed by atoms with E-state index < -0.39 is 0 Å². The molecule has 0 bridgehead atoms. The molecule has 1 aromatic carbocycles. The number of hydrogen-bond donors (Lipinski definition) is 1. The van der Waals surface area contributed by atoms with Gasteiger partial charge in [0, 0.05) is 0 Å². The molecule has 1 saturated carbocycles. The lowest BCUT2D eigenvalue weighted by Crippen LogP contribution is -2.10. The molecule has 16 heavy (non-hydrogen) atoms. The Morgan fingerprint density at radius 2 is 2.19 bits per heavy atom. The van der Waals surface area contributed by atoms with E-state index in [-0.39, 0.29) is 6.10 Å². The van der Waals surface area contributed by atoms with Crippen LogP contribution in [0.3, 0.4) is 0 Å². The summed E-state index contributed by atoms with van der Waals surface area (Å²) in [6, 6.07) is 6.15. The Morgan fingerprint density at radius 1 is 1.44 bits per heavy atom. The number of aliphatic hydroxyl groups is 1. The Balaban J connectivity index is 1.92. The number of benzene rings is 1. The maximum Gasteiger partial charge on any atom is 0.119 e. The number of ether oxygens (including phenoxy) is 1. The molecule has 2 rings (SSSR count). The van der Waals surface area contributed by atoms with Crippen molar-refractivity contribution in [2.45, 2.75) is 38.7 Å². The van der Waals surface area contributed by atoms with Gasteiger partial charge in [-0.15, -0.1) is 0 Å². The number of aliphatic hydroxyl groups excluding tert-OH is 1. The SMILES string of the molecule is COc1ccc(CCC(O)C2CC2)c(C)c1. The highest BCUT2D eigenvalue weighted by Gasteiger charge is 2.29. The van der Waals surface area contributed by atoms with E-state index in [9.17, 15) is 5.11 Å². The van der Waals surface area contributed by atoms with Crippen molar-refractivity contribution in [3.05, 3.63) is 29.3 Å². The molecule has 1 atom stereocenters.